The van der Waals surface area contributed by atoms with Gasteiger partial charge in [-0.1, -0.05) is 17.7 Å². The SMILES string of the molecule is O=C(CC1CC1)c1c[nH]c2cc(Cl)ccc12. The van der Waals surface area contributed by atoms with Crippen LogP contribution in [-0.4, -0.2) is 10.8 Å². The van der Waals surface area contributed by atoms with E-state index >= 15 is 0 Å². The van der Waals surface area contributed by atoms with Crippen LogP contribution in [0.2, 0.25) is 5.02 Å². The molecule has 0 unspecified atom stereocenters. The molecule has 1 saturated carbocycles. The van der Waals surface area contributed by atoms with Crippen molar-refractivity contribution >= 4 is 28.3 Å². The standard InChI is InChI=1S/C13H12ClNO/c14-9-3-4-10-11(7-15-12(10)6-9)13(16)5-8-1-2-8/h3-4,6-8,15H,1-2,5H2. The van der Waals surface area contributed by atoms with Gasteiger partial charge in [-0.2, -0.15) is 0 Å². The molecule has 0 atom stereocenters. The predicted molar refractivity (Wildman–Crippen MR) is 65.0 cm³/mol. The van der Waals surface area contributed by atoms with Crippen LogP contribution < -0.4 is 0 Å². The Morgan fingerprint density at radius 2 is 2.25 bits per heavy atom. The third-order valence-electron chi connectivity index (χ3n) is 3.12. The lowest BCUT2D eigenvalue weighted by atomic mass is 10.1. The van der Waals surface area contributed by atoms with Gasteiger partial charge in [-0.05, 0) is 30.9 Å². The summed E-state index contributed by atoms with van der Waals surface area (Å²) in [6.07, 6.45) is 4.90. The number of nitrogens with one attached hydrogen (secondary N) is 1. The topological polar surface area (TPSA) is 32.9 Å². The van der Waals surface area contributed by atoms with Crippen LogP contribution in [0.15, 0.2) is 24.4 Å². The molecule has 0 saturated heterocycles. The van der Waals surface area contributed by atoms with E-state index in [2.05, 4.69) is 4.98 Å². The van der Waals surface area contributed by atoms with Gasteiger partial charge in [0.2, 0.25) is 0 Å². The van der Waals surface area contributed by atoms with Gasteiger partial charge in [-0.25, -0.2) is 0 Å². The largest absolute Gasteiger partial charge is 0.360 e. The second kappa shape index (κ2) is 3.63. The van der Waals surface area contributed by atoms with Crippen LogP contribution in [0.3, 0.4) is 0 Å². The van der Waals surface area contributed by atoms with Gasteiger partial charge in [0.1, 0.15) is 0 Å². The molecule has 1 aromatic carbocycles. The van der Waals surface area contributed by atoms with Crippen molar-refractivity contribution < 1.29 is 4.79 Å². The Bertz CT molecular complexity index is 554. The number of carbonyl (C=O) groups excluding carboxylic acids is 1. The number of hydrogen-bond acceptors (Lipinski definition) is 1. The predicted octanol–water partition coefficient (Wildman–Crippen LogP) is 3.80. The summed E-state index contributed by atoms with van der Waals surface area (Å²) >= 11 is 5.90. The molecule has 0 radical (unpaired) electrons. The third kappa shape index (κ3) is 1.74. The van der Waals surface area contributed by atoms with Crippen molar-refractivity contribution in [2.45, 2.75) is 19.3 Å². The Kier molecular flexibility index (Phi) is 2.25. The first kappa shape index (κ1) is 9.91. The lowest BCUT2D eigenvalue weighted by Gasteiger charge is -1.97. The highest BCUT2D eigenvalue weighted by atomic mass is 35.5. The van der Waals surface area contributed by atoms with Gasteiger partial charge in [0.25, 0.3) is 0 Å². The molecule has 2 aromatic rings. The van der Waals surface area contributed by atoms with Crippen LogP contribution in [0.25, 0.3) is 10.9 Å². The molecule has 1 heterocycles. The maximum Gasteiger partial charge on any atom is 0.165 e. The number of hydrogen-bond donors (Lipinski definition) is 1. The molecule has 0 amide bonds. The number of rotatable bonds is 3. The van der Waals surface area contributed by atoms with E-state index in [-0.39, 0.29) is 5.78 Å². The minimum atomic E-state index is 0.246. The molecule has 0 aliphatic heterocycles. The van der Waals surface area contributed by atoms with E-state index in [0.717, 1.165) is 16.5 Å². The summed E-state index contributed by atoms with van der Waals surface area (Å²) in [4.78, 5) is 15.1. The summed E-state index contributed by atoms with van der Waals surface area (Å²) in [5.74, 6) is 0.876. The summed E-state index contributed by atoms with van der Waals surface area (Å²) in [6, 6.07) is 5.59. The zero-order valence-electron chi connectivity index (χ0n) is 8.79. The normalized spacial score (nSPS) is 15.6. The van der Waals surface area contributed by atoms with E-state index in [1.165, 1.54) is 12.8 Å². The molecule has 1 fully saturated rings. The van der Waals surface area contributed by atoms with E-state index < -0.39 is 0 Å². The van der Waals surface area contributed by atoms with Gasteiger partial charge in [0, 0.05) is 34.1 Å². The van der Waals surface area contributed by atoms with Crippen LogP contribution in [0.5, 0.6) is 0 Å². The van der Waals surface area contributed by atoms with E-state index in [9.17, 15) is 4.79 Å². The van der Waals surface area contributed by atoms with Gasteiger partial charge >= 0.3 is 0 Å². The minimum absolute atomic E-state index is 0.246. The van der Waals surface area contributed by atoms with Gasteiger partial charge in [0.05, 0.1) is 0 Å². The number of carbonyl (C=O) groups is 1. The third-order valence-corrected chi connectivity index (χ3v) is 3.35. The molecule has 0 spiro atoms. The molecule has 1 aliphatic rings. The van der Waals surface area contributed by atoms with Crippen molar-refractivity contribution in [3.8, 4) is 0 Å². The highest BCUT2D eigenvalue weighted by Crippen LogP contribution is 2.34. The molecular formula is C13H12ClNO. The summed E-state index contributed by atoms with van der Waals surface area (Å²) in [5.41, 5.74) is 1.74. The van der Waals surface area contributed by atoms with Gasteiger partial charge in [0.15, 0.2) is 5.78 Å². The Morgan fingerprint density at radius 3 is 3.00 bits per heavy atom. The minimum Gasteiger partial charge on any atom is -0.360 e. The van der Waals surface area contributed by atoms with Gasteiger partial charge in [-0.15, -0.1) is 0 Å². The van der Waals surface area contributed by atoms with Gasteiger partial charge < -0.3 is 4.98 Å². The fourth-order valence-electron chi connectivity index (χ4n) is 2.02. The monoisotopic (exact) mass is 233 g/mol. The maximum atomic E-state index is 12.0. The lowest BCUT2D eigenvalue weighted by Crippen LogP contribution is -1.98. The zero-order valence-corrected chi connectivity index (χ0v) is 9.55. The first-order valence-corrected chi connectivity index (χ1v) is 5.91. The molecule has 82 valence electrons. The summed E-state index contributed by atoms with van der Waals surface area (Å²) in [5, 5.41) is 1.67. The van der Waals surface area contributed by atoms with E-state index in [1.807, 2.05) is 18.2 Å². The number of ketones is 1. The Labute approximate surface area is 98.6 Å². The second-order valence-electron chi connectivity index (χ2n) is 4.46. The number of aromatic amines is 1. The Hall–Kier alpha value is -1.28. The zero-order chi connectivity index (χ0) is 11.1. The van der Waals surface area contributed by atoms with Crippen molar-refractivity contribution in [2.75, 3.05) is 0 Å². The lowest BCUT2D eigenvalue weighted by molar-refractivity contribution is 0.0977. The quantitative estimate of drug-likeness (QED) is 0.804. The number of Topliss-reactive ketones (excluding diaryl/α,β-unsaturated/α-hetero) is 1. The molecule has 3 heteroatoms. The number of halogens is 1. The fourth-order valence-corrected chi connectivity index (χ4v) is 2.20. The average Bonchev–Trinajstić information content (AvgIpc) is 2.96. The first-order valence-electron chi connectivity index (χ1n) is 5.54. The first-order chi connectivity index (χ1) is 7.74. The van der Waals surface area contributed by atoms with Crippen molar-refractivity contribution in [3.63, 3.8) is 0 Å². The molecule has 1 aromatic heterocycles. The number of fused-ring (bicyclic) bond motifs is 1. The van der Waals surface area contributed by atoms with Crippen molar-refractivity contribution in [1.82, 2.24) is 4.98 Å². The van der Waals surface area contributed by atoms with Crippen LogP contribution in [-0.2, 0) is 0 Å². The highest BCUT2D eigenvalue weighted by Gasteiger charge is 2.25. The Balaban J connectivity index is 1.99. The number of H-pyrrole nitrogens is 1. The van der Waals surface area contributed by atoms with Crippen molar-refractivity contribution in [2.24, 2.45) is 5.92 Å². The number of benzene rings is 1. The van der Waals surface area contributed by atoms with Gasteiger partial charge in [-0.3, -0.25) is 4.79 Å². The highest BCUT2D eigenvalue weighted by molar-refractivity contribution is 6.31. The van der Waals surface area contributed by atoms with Crippen molar-refractivity contribution in [3.05, 3.63) is 35.0 Å². The van der Waals surface area contributed by atoms with E-state index in [1.54, 1.807) is 6.20 Å². The molecule has 2 nitrogen and oxygen atoms in total. The van der Waals surface area contributed by atoms with Crippen LogP contribution in [0, 0.1) is 5.92 Å². The summed E-state index contributed by atoms with van der Waals surface area (Å²) in [6.45, 7) is 0. The van der Waals surface area contributed by atoms with E-state index in [4.69, 9.17) is 11.6 Å². The fraction of sp³-hybridized carbons (Fsp3) is 0.308. The molecular weight excluding hydrogens is 222 g/mol. The van der Waals surface area contributed by atoms with Crippen molar-refractivity contribution in [1.29, 1.82) is 0 Å². The van der Waals surface area contributed by atoms with Crippen LogP contribution >= 0.6 is 11.6 Å². The van der Waals surface area contributed by atoms with Crippen LogP contribution in [0.4, 0.5) is 0 Å². The smallest absolute Gasteiger partial charge is 0.165 e. The average molecular weight is 234 g/mol. The summed E-state index contributed by atoms with van der Waals surface area (Å²) in [7, 11) is 0. The number of aromatic nitrogens is 1. The molecule has 16 heavy (non-hydrogen) atoms. The van der Waals surface area contributed by atoms with E-state index in [0.29, 0.717) is 17.4 Å². The summed E-state index contributed by atoms with van der Waals surface area (Å²) < 4.78 is 0. The Morgan fingerprint density at radius 1 is 1.44 bits per heavy atom. The maximum absolute atomic E-state index is 12.0. The molecule has 3 rings (SSSR count). The molecule has 1 aliphatic carbocycles. The second-order valence-corrected chi connectivity index (χ2v) is 4.90. The molecule has 0 bridgehead atoms. The van der Waals surface area contributed by atoms with Crippen LogP contribution in [0.1, 0.15) is 29.6 Å². The molecule has 1 N–H and O–H groups in total.